The van der Waals surface area contributed by atoms with Gasteiger partial charge in [0.05, 0.1) is 13.2 Å². The molecule has 0 amide bonds. The molecule has 0 bridgehead atoms. The lowest BCUT2D eigenvalue weighted by atomic mass is 10.2. The quantitative estimate of drug-likeness (QED) is 0.772. The van der Waals surface area contributed by atoms with E-state index in [-0.39, 0.29) is 18.7 Å². The van der Waals surface area contributed by atoms with Crippen LogP contribution in [0.15, 0.2) is 24.3 Å². The minimum Gasteiger partial charge on any atom is -0.485 e. The summed E-state index contributed by atoms with van der Waals surface area (Å²) in [4.78, 5) is 13.6. The number of hydrogen-bond donors (Lipinski definition) is 1. The smallest absolute Gasteiger partial charge is 0.351 e. The van der Waals surface area contributed by atoms with Gasteiger partial charge in [-0.1, -0.05) is 12.1 Å². The molecule has 2 aliphatic rings. The zero-order valence-corrected chi connectivity index (χ0v) is 12.7. The Kier molecular flexibility index (Phi) is 4.80. The molecule has 1 aromatic carbocycles. The average Bonchev–Trinajstić information content (AvgIpc) is 2.55. The Bertz CT molecular complexity index is 515. The molecule has 0 aliphatic carbocycles. The molecule has 0 aromatic heterocycles. The molecule has 3 rings (SSSR count). The van der Waals surface area contributed by atoms with Crippen molar-refractivity contribution in [2.24, 2.45) is 0 Å². The number of fused-ring (bicyclic) bond motifs is 1. The number of quaternary nitrogens is 1. The number of carbonyl (C=O) groups excluding carboxylic acids is 1. The van der Waals surface area contributed by atoms with Gasteiger partial charge in [0.15, 0.2) is 11.5 Å². The number of benzene rings is 1. The van der Waals surface area contributed by atoms with Gasteiger partial charge in [-0.05, 0) is 19.1 Å². The lowest BCUT2D eigenvalue weighted by Gasteiger charge is -2.28. The summed E-state index contributed by atoms with van der Waals surface area (Å²) in [6.45, 7) is 6.35. The fourth-order valence-electron chi connectivity index (χ4n) is 2.72. The average molecular weight is 308 g/mol. The fourth-order valence-corrected chi connectivity index (χ4v) is 2.72. The van der Waals surface area contributed by atoms with Crippen molar-refractivity contribution >= 4 is 5.97 Å². The summed E-state index contributed by atoms with van der Waals surface area (Å²) in [5.74, 6) is 0.883. The highest BCUT2D eigenvalue weighted by atomic mass is 16.6. The molecule has 0 unspecified atom stereocenters. The normalized spacial score (nSPS) is 22.9. The Morgan fingerprint density at radius 1 is 1.32 bits per heavy atom. The van der Waals surface area contributed by atoms with E-state index in [2.05, 4.69) is 0 Å². The van der Waals surface area contributed by atoms with E-state index in [1.54, 1.807) is 6.07 Å². The zero-order valence-electron chi connectivity index (χ0n) is 12.7. The van der Waals surface area contributed by atoms with E-state index in [1.807, 2.05) is 25.1 Å². The largest absolute Gasteiger partial charge is 0.485 e. The molecule has 6 heteroatoms. The van der Waals surface area contributed by atoms with E-state index in [0.29, 0.717) is 11.5 Å². The second kappa shape index (κ2) is 6.98. The van der Waals surface area contributed by atoms with Crippen molar-refractivity contribution in [1.29, 1.82) is 0 Å². The van der Waals surface area contributed by atoms with Gasteiger partial charge in [0, 0.05) is 0 Å². The Balaban J connectivity index is 1.49. The first kappa shape index (κ1) is 15.1. The Labute approximate surface area is 129 Å². The summed E-state index contributed by atoms with van der Waals surface area (Å²) in [7, 11) is 0. The van der Waals surface area contributed by atoms with Crippen molar-refractivity contribution in [2.45, 2.75) is 19.1 Å². The molecule has 1 fully saturated rings. The number of morpholine rings is 1. The highest BCUT2D eigenvalue weighted by Crippen LogP contribution is 2.31. The molecule has 1 N–H and O–H groups in total. The second-order valence-electron chi connectivity index (χ2n) is 5.68. The standard InChI is InChI=1S/C16H21NO5/c1-12(10-17-6-8-19-9-7-17)21-16(18)15-11-20-13-4-2-3-5-14(13)22-15/h2-5,12,15H,6-11H2,1H3/p+1/t12-,15-/m1/s1. The molecule has 0 saturated carbocycles. The van der Waals surface area contributed by atoms with E-state index in [9.17, 15) is 4.79 Å². The van der Waals surface area contributed by atoms with Gasteiger partial charge < -0.3 is 23.8 Å². The molecule has 2 atom stereocenters. The molecular formula is C16H22NO5+. The number of esters is 1. The van der Waals surface area contributed by atoms with Gasteiger partial charge in [-0.25, -0.2) is 4.79 Å². The van der Waals surface area contributed by atoms with Gasteiger partial charge in [0.1, 0.15) is 32.3 Å². The van der Waals surface area contributed by atoms with Crippen molar-refractivity contribution < 1.29 is 28.6 Å². The summed E-state index contributed by atoms with van der Waals surface area (Å²) < 4.78 is 22.0. The van der Waals surface area contributed by atoms with Crippen LogP contribution >= 0.6 is 0 Å². The summed E-state index contributed by atoms with van der Waals surface area (Å²) in [6, 6.07) is 7.33. The van der Waals surface area contributed by atoms with Crippen LogP contribution in [0, 0.1) is 0 Å². The van der Waals surface area contributed by atoms with Crippen LogP contribution in [0.1, 0.15) is 6.92 Å². The zero-order chi connectivity index (χ0) is 15.4. The van der Waals surface area contributed by atoms with Crippen LogP contribution in [0.2, 0.25) is 0 Å². The lowest BCUT2D eigenvalue weighted by Crippen LogP contribution is -3.15. The van der Waals surface area contributed by atoms with Crippen molar-refractivity contribution in [1.82, 2.24) is 0 Å². The summed E-state index contributed by atoms with van der Waals surface area (Å²) in [6.07, 6.45) is -0.849. The third-order valence-corrected chi connectivity index (χ3v) is 3.86. The predicted octanol–water partition coefficient (Wildman–Crippen LogP) is -0.327. The van der Waals surface area contributed by atoms with Crippen molar-refractivity contribution in [3.63, 3.8) is 0 Å². The lowest BCUT2D eigenvalue weighted by molar-refractivity contribution is -0.910. The number of hydrogen-bond acceptors (Lipinski definition) is 5. The molecule has 22 heavy (non-hydrogen) atoms. The van der Waals surface area contributed by atoms with E-state index in [1.165, 1.54) is 4.90 Å². The fraction of sp³-hybridized carbons (Fsp3) is 0.562. The van der Waals surface area contributed by atoms with Crippen LogP contribution in [-0.2, 0) is 14.3 Å². The highest BCUT2D eigenvalue weighted by molar-refractivity contribution is 5.76. The monoisotopic (exact) mass is 308 g/mol. The van der Waals surface area contributed by atoms with Crippen molar-refractivity contribution in [2.75, 3.05) is 39.5 Å². The minimum atomic E-state index is -0.697. The SMILES string of the molecule is C[C@H](C[NH+]1CCOCC1)OC(=O)[C@H]1COc2ccccc2O1. The van der Waals surface area contributed by atoms with Crippen LogP contribution in [-0.4, -0.2) is 57.6 Å². The minimum absolute atomic E-state index is 0.152. The molecule has 1 aromatic rings. The Morgan fingerprint density at radius 3 is 2.82 bits per heavy atom. The van der Waals surface area contributed by atoms with E-state index < -0.39 is 6.10 Å². The Hall–Kier alpha value is -1.79. The molecule has 0 radical (unpaired) electrons. The van der Waals surface area contributed by atoms with Crippen molar-refractivity contribution in [3.05, 3.63) is 24.3 Å². The summed E-state index contributed by atoms with van der Waals surface area (Å²) in [5, 5.41) is 0. The molecule has 0 spiro atoms. The molecule has 120 valence electrons. The van der Waals surface area contributed by atoms with E-state index in [0.717, 1.165) is 32.8 Å². The maximum Gasteiger partial charge on any atom is 0.351 e. The van der Waals surface area contributed by atoms with Crippen LogP contribution in [0.4, 0.5) is 0 Å². The first-order valence-corrected chi connectivity index (χ1v) is 7.72. The van der Waals surface area contributed by atoms with Gasteiger partial charge in [0.2, 0.25) is 6.10 Å². The molecule has 1 saturated heterocycles. The molecule has 6 nitrogen and oxygen atoms in total. The Morgan fingerprint density at radius 2 is 2.05 bits per heavy atom. The van der Waals surface area contributed by atoms with E-state index in [4.69, 9.17) is 18.9 Å². The van der Waals surface area contributed by atoms with E-state index >= 15 is 0 Å². The van der Waals surface area contributed by atoms with Crippen LogP contribution in [0.5, 0.6) is 11.5 Å². The third-order valence-electron chi connectivity index (χ3n) is 3.86. The van der Waals surface area contributed by atoms with Crippen LogP contribution in [0.25, 0.3) is 0 Å². The van der Waals surface area contributed by atoms with Gasteiger partial charge in [-0.15, -0.1) is 0 Å². The number of nitrogens with one attached hydrogen (secondary N) is 1. The van der Waals surface area contributed by atoms with Crippen molar-refractivity contribution in [3.8, 4) is 11.5 Å². The van der Waals surface area contributed by atoms with Gasteiger partial charge in [-0.2, -0.15) is 0 Å². The maximum atomic E-state index is 12.2. The summed E-state index contributed by atoms with van der Waals surface area (Å²) in [5.41, 5.74) is 0. The van der Waals surface area contributed by atoms with Crippen LogP contribution < -0.4 is 14.4 Å². The van der Waals surface area contributed by atoms with Gasteiger partial charge in [0.25, 0.3) is 0 Å². The summed E-state index contributed by atoms with van der Waals surface area (Å²) >= 11 is 0. The highest BCUT2D eigenvalue weighted by Gasteiger charge is 2.30. The first-order valence-electron chi connectivity index (χ1n) is 7.72. The number of ether oxygens (including phenoxy) is 4. The maximum absolute atomic E-state index is 12.2. The third kappa shape index (κ3) is 3.69. The number of rotatable bonds is 4. The first-order chi connectivity index (χ1) is 10.7. The topological polar surface area (TPSA) is 58.4 Å². The van der Waals surface area contributed by atoms with Gasteiger partial charge in [-0.3, -0.25) is 0 Å². The van der Waals surface area contributed by atoms with Gasteiger partial charge >= 0.3 is 5.97 Å². The molecule has 2 aliphatic heterocycles. The number of para-hydroxylation sites is 2. The number of carbonyl (C=O) groups is 1. The van der Waals surface area contributed by atoms with Crippen LogP contribution in [0.3, 0.4) is 0 Å². The second-order valence-corrected chi connectivity index (χ2v) is 5.68. The predicted molar refractivity (Wildman–Crippen MR) is 78.3 cm³/mol. The molecule has 2 heterocycles. The molecular weight excluding hydrogens is 286 g/mol.